The average Bonchev–Trinajstić information content (AvgIpc) is 2.81. The molecule has 0 saturated carbocycles. The van der Waals surface area contributed by atoms with E-state index in [1.807, 2.05) is 6.07 Å². The molecule has 0 atom stereocenters. The SMILES string of the molecule is N#Cc1ccccc1S(=O)(=O)Nc1cnoc1. The van der Waals surface area contributed by atoms with Crippen molar-refractivity contribution >= 4 is 15.7 Å². The standard InChI is InChI=1S/C10H7N3O3S/c11-5-8-3-1-2-4-10(8)17(14,15)13-9-6-12-16-7-9/h1-4,6-7,13H. The first-order chi connectivity index (χ1) is 8.13. The fourth-order valence-corrected chi connectivity index (χ4v) is 2.44. The number of nitriles is 1. The third-order valence-corrected chi connectivity index (χ3v) is 3.42. The summed E-state index contributed by atoms with van der Waals surface area (Å²) in [6, 6.07) is 7.75. The summed E-state index contributed by atoms with van der Waals surface area (Å²) in [5, 5.41) is 12.2. The lowest BCUT2D eigenvalue weighted by molar-refractivity contribution is 0.420. The molecule has 17 heavy (non-hydrogen) atoms. The number of hydrogen-bond acceptors (Lipinski definition) is 5. The number of rotatable bonds is 3. The minimum atomic E-state index is -3.80. The third kappa shape index (κ3) is 2.26. The van der Waals surface area contributed by atoms with Crippen LogP contribution in [0.25, 0.3) is 0 Å². The van der Waals surface area contributed by atoms with Gasteiger partial charge in [0.05, 0.1) is 11.8 Å². The maximum Gasteiger partial charge on any atom is 0.263 e. The molecule has 86 valence electrons. The normalized spacial score (nSPS) is 10.8. The van der Waals surface area contributed by atoms with Crippen LogP contribution in [0.2, 0.25) is 0 Å². The summed E-state index contributed by atoms with van der Waals surface area (Å²) in [6.45, 7) is 0. The van der Waals surface area contributed by atoms with Crippen molar-refractivity contribution < 1.29 is 12.9 Å². The van der Waals surface area contributed by atoms with Crippen molar-refractivity contribution in [3.63, 3.8) is 0 Å². The van der Waals surface area contributed by atoms with Crippen LogP contribution in [0.1, 0.15) is 5.56 Å². The monoisotopic (exact) mass is 249 g/mol. The molecule has 1 N–H and O–H groups in total. The van der Waals surface area contributed by atoms with E-state index >= 15 is 0 Å². The van der Waals surface area contributed by atoms with E-state index in [9.17, 15) is 8.42 Å². The molecular formula is C10H7N3O3S. The van der Waals surface area contributed by atoms with Crippen LogP contribution >= 0.6 is 0 Å². The molecule has 0 radical (unpaired) electrons. The van der Waals surface area contributed by atoms with E-state index in [2.05, 4.69) is 14.4 Å². The summed E-state index contributed by atoms with van der Waals surface area (Å²) in [6.07, 6.45) is 2.39. The quantitative estimate of drug-likeness (QED) is 0.885. The van der Waals surface area contributed by atoms with E-state index in [1.165, 1.54) is 18.3 Å². The molecule has 0 unspecified atom stereocenters. The van der Waals surface area contributed by atoms with Crippen LogP contribution in [-0.2, 0) is 10.0 Å². The van der Waals surface area contributed by atoms with Crippen molar-refractivity contribution in [3.05, 3.63) is 42.3 Å². The zero-order valence-corrected chi connectivity index (χ0v) is 9.31. The Morgan fingerprint density at radius 2 is 2.12 bits per heavy atom. The highest BCUT2D eigenvalue weighted by Gasteiger charge is 2.18. The molecule has 1 heterocycles. The summed E-state index contributed by atoms with van der Waals surface area (Å²) in [4.78, 5) is -0.0799. The minimum absolute atomic E-state index is 0.0799. The molecule has 2 rings (SSSR count). The topological polar surface area (TPSA) is 96.0 Å². The Bertz CT molecular complexity index is 656. The molecule has 0 aliphatic rings. The van der Waals surface area contributed by atoms with Gasteiger partial charge in [0.15, 0.2) is 0 Å². The first kappa shape index (κ1) is 11.2. The van der Waals surface area contributed by atoms with E-state index in [4.69, 9.17) is 5.26 Å². The number of anilines is 1. The van der Waals surface area contributed by atoms with Crippen LogP contribution < -0.4 is 4.72 Å². The zero-order valence-electron chi connectivity index (χ0n) is 8.49. The molecule has 0 amide bonds. The van der Waals surface area contributed by atoms with Gasteiger partial charge < -0.3 is 4.52 Å². The lowest BCUT2D eigenvalue weighted by Crippen LogP contribution is -2.13. The van der Waals surface area contributed by atoms with Crippen molar-refractivity contribution in [3.8, 4) is 6.07 Å². The summed E-state index contributed by atoms with van der Waals surface area (Å²) in [5.74, 6) is 0. The van der Waals surface area contributed by atoms with Crippen LogP contribution in [0.15, 0.2) is 46.1 Å². The molecule has 0 aliphatic carbocycles. The lowest BCUT2D eigenvalue weighted by Gasteiger charge is -2.06. The van der Waals surface area contributed by atoms with Gasteiger partial charge in [-0.15, -0.1) is 0 Å². The van der Waals surface area contributed by atoms with Crippen molar-refractivity contribution in [2.24, 2.45) is 0 Å². The van der Waals surface area contributed by atoms with E-state index in [1.54, 1.807) is 12.1 Å². The van der Waals surface area contributed by atoms with Gasteiger partial charge in [0.1, 0.15) is 22.9 Å². The largest absolute Gasteiger partial charge is 0.362 e. The smallest absolute Gasteiger partial charge is 0.263 e. The second-order valence-electron chi connectivity index (χ2n) is 3.13. The number of nitrogens with zero attached hydrogens (tertiary/aromatic N) is 2. The summed E-state index contributed by atoms with van der Waals surface area (Å²) < 4.78 is 30.7. The highest BCUT2D eigenvalue weighted by Crippen LogP contribution is 2.18. The van der Waals surface area contributed by atoms with E-state index in [0.717, 1.165) is 6.26 Å². The fraction of sp³-hybridized carbons (Fsp3) is 0. The Hall–Kier alpha value is -2.33. The van der Waals surface area contributed by atoms with Gasteiger partial charge in [0.25, 0.3) is 10.0 Å². The predicted octanol–water partition coefficient (Wildman–Crippen LogP) is 1.35. The highest BCUT2D eigenvalue weighted by molar-refractivity contribution is 7.92. The van der Waals surface area contributed by atoms with Gasteiger partial charge in [0.2, 0.25) is 0 Å². The molecule has 7 heteroatoms. The van der Waals surface area contributed by atoms with Crippen LogP contribution in [-0.4, -0.2) is 13.6 Å². The lowest BCUT2D eigenvalue weighted by atomic mass is 10.2. The molecule has 0 aliphatic heterocycles. The van der Waals surface area contributed by atoms with Gasteiger partial charge in [-0.2, -0.15) is 5.26 Å². The zero-order chi connectivity index (χ0) is 12.3. The van der Waals surface area contributed by atoms with Gasteiger partial charge in [-0.1, -0.05) is 17.3 Å². The number of benzene rings is 1. The van der Waals surface area contributed by atoms with E-state index in [-0.39, 0.29) is 16.1 Å². The Morgan fingerprint density at radius 3 is 2.76 bits per heavy atom. The first-order valence-corrected chi connectivity index (χ1v) is 6.03. The summed E-state index contributed by atoms with van der Waals surface area (Å²) in [5.41, 5.74) is 0.286. The van der Waals surface area contributed by atoms with Crippen LogP contribution in [0.5, 0.6) is 0 Å². The molecular weight excluding hydrogens is 242 g/mol. The Kier molecular flexibility index (Phi) is 2.80. The first-order valence-electron chi connectivity index (χ1n) is 4.55. The van der Waals surface area contributed by atoms with E-state index in [0.29, 0.717) is 0 Å². The van der Waals surface area contributed by atoms with Crippen LogP contribution in [0.4, 0.5) is 5.69 Å². The third-order valence-electron chi connectivity index (χ3n) is 1.98. The molecule has 1 aromatic carbocycles. The number of nitrogens with one attached hydrogen (secondary N) is 1. The molecule has 2 aromatic rings. The van der Waals surface area contributed by atoms with Gasteiger partial charge >= 0.3 is 0 Å². The van der Waals surface area contributed by atoms with Crippen molar-refractivity contribution in [2.45, 2.75) is 4.90 Å². The van der Waals surface area contributed by atoms with Crippen molar-refractivity contribution in [1.82, 2.24) is 5.16 Å². The summed E-state index contributed by atoms with van der Waals surface area (Å²) in [7, 11) is -3.80. The molecule has 0 saturated heterocycles. The van der Waals surface area contributed by atoms with Crippen molar-refractivity contribution in [1.29, 1.82) is 5.26 Å². The Labute approximate surface area is 97.5 Å². The Balaban J connectivity index is 2.42. The second-order valence-corrected chi connectivity index (χ2v) is 4.78. The number of aromatic nitrogens is 1. The van der Waals surface area contributed by atoms with E-state index < -0.39 is 10.0 Å². The Morgan fingerprint density at radius 1 is 1.35 bits per heavy atom. The fourth-order valence-electron chi connectivity index (χ4n) is 1.26. The minimum Gasteiger partial charge on any atom is -0.362 e. The van der Waals surface area contributed by atoms with Crippen molar-refractivity contribution in [2.75, 3.05) is 4.72 Å². The van der Waals surface area contributed by atoms with Crippen LogP contribution in [0.3, 0.4) is 0 Å². The van der Waals surface area contributed by atoms with Gasteiger partial charge in [-0.3, -0.25) is 4.72 Å². The predicted molar refractivity (Wildman–Crippen MR) is 58.5 cm³/mol. The highest BCUT2D eigenvalue weighted by atomic mass is 32.2. The maximum atomic E-state index is 11.9. The summed E-state index contributed by atoms with van der Waals surface area (Å²) >= 11 is 0. The number of hydrogen-bond donors (Lipinski definition) is 1. The number of sulfonamides is 1. The van der Waals surface area contributed by atoms with Gasteiger partial charge in [-0.05, 0) is 12.1 Å². The molecule has 0 fully saturated rings. The molecule has 0 spiro atoms. The molecule has 6 nitrogen and oxygen atoms in total. The van der Waals surface area contributed by atoms with Gasteiger partial charge in [0, 0.05) is 0 Å². The maximum absolute atomic E-state index is 11.9. The second kappa shape index (κ2) is 4.27. The molecule has 0 bridgehead atoms. The molecule has 1 aromatic heterocycles. The average molecular weight is 249 g/mol. The van der Waals surface area contributed by atoms with Gasteiger partial charge in [-0.25, -0.2) is 8.42 Å². The van der Waals surface area contributed by atoms with Crippen LogP contribution in [0, 0.1) is 11.3 Å².